The normalized spacial score (nSPS) is 18.4. The van der Waals surface area contributed by atoms with E-state index in [-0.39, 0.29) is 35.5 Å². The van der Waals surface area contributed by atoms with E-state index < -0.39 is 18.7 Å². The number of anilines is 1. The molecule has 1 aromatic carbocycles. The maximum Gasteiger partial charge on any atom is 0.244 e. The van der Waals surface area contributed by atoms with E-state index in [1.54, 1.807) is 18.2 Å². The lowest BCUT2D eigenvalue weighted by Crippen LogP contribution is -2.47. The minimum atomic E-state index is -0.747. The van der Waals surface area contributed by atoms with Crippen molar-refractivity contribution in [3.05, 3.63) is 30.2 Å². The Morgan fingerprint density at radius 3 is 2.85 bits per heavy atom. The van der Waals surface area contributed by atoms with Gasteiger partial charge in [-0.15, -0.1) is 10.2 Å². The molecule has 3 aromatic heterocycles. The van der Waals surface area contributed by atoms with Gasteiger partial charge in [-0.3, -0.25) is 0 Å². The summed E-state index contributed by atoms with van der Waals surface area (Å²) in [5.41, 5.74) is 2.31. The summed E-state index contributed by atoms with van der Waals surface area (Å²) in [5.74, 6) is -0.302. The second-order valence-corrected chi connectivity index (χ2v) is 9.12. The van der Waals surface area contributed by atoms with Crippen LogP contribution in [-0.2, 0) is 11.3 Å². The molecule has 0 radical (unpaired) electrons. The molecular weight excluding hydrogens is 444 g/mol. The molecule has 4 heterocycles. The quantitative estimate of drug-likeness (QED) is 0.460. The van der Waals surface area contributed by atoms with E-state index in [9.17, 15) is 4.39 Å². The average molecular weight is 471 g/mol. The number of rotatable bonds is 6. The Morgan fingerprint density at radius 2 is 2.15 bits per heavy atom. The Kier molecular flexibility index (Phi) is 4.81. The first-order valence-corrected chi connectivity index (χ1v) is 11.4. The van der Waals surface area contributed by atoms with Crippen LogP contribution in [0.1, 0.15) is 27.1 Å². The van der Waals surface area contributed by atoms with Gasteiger partial charge in [0.05, 0.1) is 45.5 Å². The highest BCUT2D eigenvalue weighted by molar-refractivity contribution is 5.89. The Bertz CT molecular complexity index is 1410. The standard InChI is InChI=1S/C23H25F2N7O2/c1-33-21-20-19(14-2-3-17-18(10-14)31(9-8-24)30-28-17)16(25)11-32(20)29-22(27-21)26-15-4-6-23(7-5-15)12-34-13-23/h2-3,10-11,15H,4-9,12-13H2,1H3,(H,26,29)/i11D. The van der Waals surface area contributed by atoms with Gasteiger partial charge in [0.25, 0.3) is 0 Å². The highest BCUT2D eigenvalue weighted by atomic mass is 19.1. The molecular formula is C23H25F2N7O2. The Labute approximate surface area is 195 Å². The minimum absolute atomic E-state index is 0.0411. The average Bonchev–Trinajstić information content (AvgIpc) is 3.36. The summed E-state index contributed by atoms with van der Waals surface area (Å²) < 4.78 is 50.3. The second-order valence-electron chi connectivity index (χ2n) is 9.12. The molecule has 6 rings (SSSR count). The molecule has 2 fully saturated rings. The first-order valence-electron chi connectivity index (χ1n) is 11.9. The number of fused-ring (bicyclic) bond motifs is 2. The Hall–Kier alpha value is -3.34. The molecule has 1 aliphatic heterocycles. The zero-order valence-electron chi connectivity index (χ0n) is 19.7. The van der Waals surface area contributed by atoms with Crippen molar-refractivity contribution in [3.63, 3.8) is 0 Å². The summed E-state index contributed by atoms with van der Waals surface area (Å²) in [5, 5.41) is 15.8. The number of alkyl halides is 1. The van der Waals surface area contributed by atoms with E-state index >= 15 is 4.39 Å². The van der Waals surface area contributed by atoms with Crippen LogP contribution in [0.5, 0.6) is 5.88 Å². The first kappa shape index (κ1) is 20.1. The maximum absolute atomic E-state index is 15.5. The van der Waals surface area contributed by atoms with E-state index in [2.05, 4.69) is 25.7 Å². The van der Waals surface area contributed by atoms with Crippen LogP contribution in [0.2, 0.25) is 0 Å². The van der Waals surface area contributed by atoms with E-state index in [4.69, 9.17) is 10.8 Å². The van der Waals surface area contributed by atoms with Crippen molar-refractivity contribution < 1.29 is 19.6 Å². The molecule has 1 spiro atoms. The molecule has 9 nitrogen and oxygen atoms in total. The van der Waals surface area contributed by atoms with Gasteiger partial charge < -0.3 is 14.8 Å². The Balaban J connectivity index is 1.38. The van der Waals surface area contributed by atoms with Crippen LogP contribution in [0.3, 0.4) is 0 Å². The summed E-state index contributed by atoms with van der Waals surface area (Å²) in [6.07, 6.45) is 3.68. The molecule has 0 bridgehead atoms. The van der Waals surface area contributed by atoms with E-state index in [1.807, 2.05) is 0 Å². The van der Waals surface area contributed by atoms with Crippen molar-refractivity contribution in [1.29, 1.82) is 0 Å². The summed E-state index contributed by atoms with van der Waals surface area (Å²) in [6, 6.07) is 5.23. The summed E-state index contributed by atoms with van der Waals surface area (Å²) >= 11 is 0. The number of ether oxygens (including phenoxy) is 2. The lowest BCUT2D eigenvalue weighted by atomic mass is 9.71. The summed E-state index contributed by atoms with van der Waals surface area (Å²) in [7, 11) is 1.45. The van der Waals surface area contributed by atoms with Gasteiger partial charge in [0, 0.05) is 11.5 Å². The molecule has 1 saturated carbocycles. The molecule has 2 aliphatic rings. The fourth-order valence-corrected chi connectivity index (χ4v) is 5.02. The van der Waals surface area contributed by atoms with Gasteiger partial charge in [-0.05, 0) is 43.4 Å². The number of halogens is 2. The molecule has 34 heavy (non-hydrogen) atoms. The predicted molar refractivity (Wildman–Crippen MR) is 121 cm³/mol. The fraction of sp³-hybridized carbons (Fsp3) is 0.478. The number of nitrogens with one attached hydrogen (secondary N) is 1. The third-order valence-corrected chi connectivity index (χ3v) is 6.97. The Morgan fingerprint density at radius 1 is 1.32 bits per heavy atom. The van der Waals surface area contributed by atoms with Crippen molar-refractivity contribution in [1.82, 2.24) is 29.6 Å². The third kappa shape index (κ3) is 3.46. The van der Waals surface area contributed by atoms with Gasteiger partial charge in [0.2, 0.25) is 11.8 Å². The van der Waals surface area contributed by atoms with Crippen molar-refractivity contribution in [2.45, 2.75) is 38.3 Å². The van der Waals surface area contributed by atoms with Crippen molar-refractivity contribution in [3.8, 4) is 17.0 Å². The van der Waals surface area contributed by atoms with Crippen LogP contribution in [0, 0.1) is 11.2 Å². The van der Waals surface area contributed by atoms with Gasteiger partial charge in [-0.2, -0.15) is 4.98 Å². The van der Waals surface area contributed by atoms with Crippen LogP contribution in [-0.4, -0.2) is 62.6 Å². The van der Waals surface area contributed by atoms with Gasteiger partial charge in [0.1, 0.15) is 17.7 Å². The van der Waals surface area contributed by atoms with E-state index in [1.165, 1.54) is 16.3 Å². The number of aryl methyl sites for hydroxylation is 1. The fourth-order valence-electron chi connectivity index (χ4n) is 5.02. The van der Waals surface area contributed by atoms with Crippen LogP contribution in [0.4, 0.5) is 14.7 Å². The number of hydrogen-bond acceptors (Lipinski definition) is 7. The van der Waals surface area contributed by atoms with Crippen LogP contribution < -0.4 is 10.1 Å². The lowest BCUT2D eigenvalue weighted by Gasteiger charge is -2.46. The highest BCUT2D eigenvalue weighted by Gasteiger charge is 2.41. The topological polar surface area (TPSA) is 91.4 Å². The van der Waals surface area contributed by atoms with Crippen LogP contribution >= 0.6 is 0 Å². The van der Waals surface area contributed by atoms with Crippen molar-refractivity contribution >= 4 is 22.5 Å². The molecule has 4 aromatic rings. The number of aromatic nitrogens is 6. The zero-order chi connectivity index (χ0) is 24.2. The van der Waals surface area contributed by atoms with Gasteiger partial charge in [-0.25, -0.2) is 18.0 Å². The molecule has 0 unspecified atom stereocenters. The van der Waals surface area contributed by atoms with Crippen molar-refractivity contribution in [2.75, 3.05) is 32.3 Å². The predicted octanol–water partition coefficient (Wildman–Crippen LogP) is 3.63. The molecule has 0 amide bonds. The maximum atomic E-state index is 15.5. The monoisotopic (exact) mass is 470 g/mol. The first-order chi connectivity index (χ1) is 17.0. The molecule has 1 saturated heterocycles. The van der Waals surface area contributed by atoms with Crippen molar-refractivity contribution in [2.24, 2.45) is 5.41 Å². The van der Waals surface area contributed by atoms with Gasteiger partial charge in [-0.1, -0.05) is 11.3 Å². The second kappa shape index (κ2) is 8.15. The van der Waals surface area contributed by atoms with Gasteiger partial charge in [0.15, 0.2) is 5.82 Å². The largest absolute Gasteiger partial charge is 0.479 e. The SMILES string of the molecule is [2H]c1c(F)c(-c2ccc3nnn(CCF)c3c2)c2c(OC)nc(NC3CCC4(CC3)COC4)nn12. The molecule has 1 N–H and O–H groups in total. The molecule has 11 heteroatoms. The molecule has 0 atom stereocenters. The summed E-state index contributed by atoms with van der Waals surface area (Å²) in [4.78, 5) is 4.50. The highest BCUT2D eigenvalue weighted by Crippen LogP contribution is 2.43. The smallest absolute Gasteiger partial charge is 0.244 e. The molecule has 178 valence electrons. The molecule has 1 aliphatic carbocycles. The number of nitrogens with zero attached hydrogens (tertiary/aromatic N) is 6. The number of benzene rings is 1. The number of methoxy groups -OCH3 is 1. The zero-order valence-corrected chi connectivity index (χ0v) is 18.7. The minimum Gasteiger partial charge on any atom is -0.479 e. The van der Waals surface area contributed by atoms with E-state index in [0.29, 0.717) is 22.0 Å². The van der Waals surface area contributed by atoms with E-state index in [0.717, 1.165) is 38.9 Å². The number of hydrogen-bond donors (Lipinski definition) is 1. The van der Waals surface area contributed by atoms with Crippen LogP contribution in [0.15, 0.2) is 24.4 Å². The third-order valence-electron chi connectivity index (χ3n) is 6.97. The lowest BCUT2D eigenvalue weighted by molar-refractivity contribution is -0.131. The summed E-state index contributed by atoms with van der Waals surface area (Å²) in [6.45, 7) is 1.11. The van der Waals surface area contributed by atoms with Gasteiger partial charge >= 0.3 is 0 Å². The van der Waals surface area contributed by atoms with Crippen LogP contribution in [0.25, 0.3) is 27.7 Å².